The molecule has 0 amide bonds. The zero-order valence-electron chi connectivity index (χ0n) is 10.5. The molecule has 0 aliphatic heterocycles. The first-order chi connectivity index (χ1) is 8.97. The van der Waals surface area contributed by atoms with Gasteiger partial charge in [0.2, 0.25) is 0 Å². The summed E-state index contributed by atoms with van der Waals surface area (Å²) in [5.41, 5.74) is 1.41. The SMILES string of the molecule is [C-]#[N+]C1(NCCCS(=O)(=O)O)CCc2ccccc21. The van der Waals surface area contributed by atoms with Gasteiger partial charge in [0, 0.05) is 13.0 Å². The quantitative estimate of drug-likeness (QED) is 0.488. The minimum Gasteiger partial charge on any atom is -0.288 e. The molecule has 0 fully saturated rings. The van der Waals surface area contributed by atoms with E-state index < -0.39 is 15.8 Å². The Balaban J connectivity index is 2.04. The number of hydrogen-bond acceptors (Lipinski definition) is 3. The van der Waals surface area contributed by atoms with Crippen molar-refractivity contribution in [3.8, 4) is 0 Å². The van der Waals surface area contributed by atoms with Gasteiger partial charge in [0.25, 0.3) is 10.1 Å². The van der Waals surface area contributed by atoms with Crippen LogP contribution in [0.15, 0.2) is 24.3 Å². The van der Waals surface area contributed by atoms with E-state index in [2.05, 4.69) is 10.2 Å². The van der Waals surface area contributed by atoms with Crippen molar-refractivity contribution in [3.63, 3.8) is 0 Å². The molecule has 0 saturated heterocycles. The fourth-order valence-electron chi connectivity index (χ4n) is 2.48. The summed E-state index contributed by atoms with van der Waals surface area (Å²) >= 11 is 0. The maximum atomic E-state index is 10.6. The summed E-state index contributed by atoms with van der Waals surface area (Å²) in [6.07, 6.45) is 1.84. The van der Waals surface area contributed by atoms with E-state index in [1.54, 1.807) is 0 Å². The van der Waals surface area contributed by atoms with Gasteiger partial charge in [0.05, 0.1) is 11.3 Å². The molecule has 0 spiro atoms. The van der Waals surface area contributed by atoms with Crippen LogP contribution in [0.5, 0.6) is 0 Å². The van der Waals surface area contributed by atoms with Crippen LogP contribution in [0.2, 0.25) is 0 Å². The van der Waals surface area contributed by atoms with Gasteiger partial charge in [-0.05, 0) is 24.5 Å². The molecule has 1 unspecified atom stereocenters. The summed E-state index contributed by atoms with van der Waals surface area (Å²) in [6.45, 7) is 7.82. The lowest BCUT2D eigenvalue weighted by atomic mass is 10.0. The van der Waals surface area contributed by atoms with Crippen molar-refractivity contribution in [1.82, 2.24) is 5.32 Å². The normalized spacial score (nSPS) is 21.9. The van der Waals surface area contributed by atoms with Crippen molar-refractivity contribution in [2.75, 3.05) is 12.3 Å². The summed E-state index contributed by atoms with van der Waals surface area (Å²) in [5.74, 6) is -0.282. The van der Waals surface area contributed by atoms with Crippen LogP contribution in [0.1, 0.15) is 24.0 Å². The predicted molar refractivity (Wildman–Crippen MR) is 72.1 cm³/mol. The van der Waals surface area contributed by atoms with Crippen molar-refractivity contribution in [3.05, 3.63) is 46.8 Å². The lowest BCUT2D eigenvalue weighted by Crippen LogP contribution is -2.38. The summed E-state index contributed by atoms with van der Waals surface area (Å²) in [5, 5.41) is 3.14. The van der Waals surface area contributed by atoms with Gasteiger partial charge in [0.15, 0.2) is 0 Å². The fourth-order valence-corrected chi connectivity index (χ4v) is 2.99. The average Bonchev–Trinajstić information content (AvgIpc) is 2.74. The Labute approximate surface area is 113 Å². The zero-order valence-corrected chi connectivity index (χ0v) is 11.3. The number of rotatable bonds is 5. The standard InChI is InChI=1S/C13H16N2O3S/c1-14-13(15-9-4-10-19(16,17)18)8-7-11-5-2-3-6-12(11)13/h2-3,5-6,15H,4,7-10H2,(H,16,17,18). The van der Waals surface area contributed by atoms with Crippen LogP contribution >= 0.6 is 0 Å². The second kappa shape index (κ2) is 5.29. The molecule has 0 bridgehead atoms. The molecule has 19 heavy (non-hydrogen) atoms. The molecule has 1 aliphatic rings. The molecule has 1 aromatic rings. The lowest BCUT2D eigenvalue weighted by Gasteiger charge is -2.19. The maximum Gasteiger partial charge on any atom is 0.312 e. The van der Waals surface area contributed by atoms with Gasteiger partial charge in [-0.15, -0.1) is 0 Å². The Morgan fingerprint density at radius 3 is 2.84 bits per heavy atom. The van der Waals surface area contributed by atoms with Crippen molar-refractivity contribution in [2.24, 2.45) is 0 Å². The Morgan fingerprint density at radius 1 is 1.42 bits per heavy atom. The van der Waals surface area contributed by atoms with E-state index in [1.165, 1.54) is 5.56 Å². The monoisotopic (exact) mass is 280 g/mol. The Bertz CT molecular complexity index is 607. The van der Waals surface area contributed by atoms with Crippen LogP contribution in [0.4, 0.5) is 0 Å². The van der Waals surface area contributed by atoms with Crippen molar-refractivity contribution in [2.45, 2.75) is 24.9 Å². The summed E-state index contributed by atoms with van der Waals surface area (Å²) in [6, 6.07) is 7.82. The van der Waals surface area contributed by atoms with E-state index in [0.29, 0.717) is 13.0 Å². The van der Waals surface area contributed by atoms with Crippen LogP contribution < -0.4 is 5.32 Å². The van der Waals surface area contributed by atoms with Crippen LogP contribution in [0.3, 0.4) is 0 Å². The molecule has 6 heteroatoms. The molecule has 1 atom stereocenters. The topological polar surface area (TPSA) is 70.8 Å². The number of hydrogen-bond donors (Lipinski definition) is 2. The highest BCUT2D eigenvalue weighted by Gasteiger charge is 2.44. The van der Waals surface area contributed by atoms with Gasteiger partial charge >= 0.3 is 5.66 Å². The average molecular weight is 280 g/mol. The van der Waals surface area contributed by atoms with Crippen LogP contribution in [-0.2, 0) is 22.2 Å². The van der Waals surface area contributed by atoms with Crippen molar-refractivity contribution >= 4 is 10.1 Å². The number of benzene rings is 1. The van der Waals surface area contributed by atoms with E-state index in [-0.39, 0.29) is 12.2 Å². The van der Waals surface area contributed by atoms with E-state index in [4.69, 9.17) is 11.1 Å². The highest BCUT2D eigenvalue weighted by Crippen LogP contribution is 2.37. The Kier molecular flexibility index (Phi) is 3.90. The zero-order chi connectivity index (χ0) is 13.9. The van der Waals surface area contributed by atoms with Crippen LogP contribution in [-0.4, -0.2) is 25.3 Å². The number of fused-ring (bicyclic) bond motifs is 1. The molecule has 102 valence electrons. The lowest BCUT2D eigenvalue weighted by molar-refractivity contribution is 0.407. The second-order valence-electron chi connectivity index (χ2n) is 4.70. The van der Waals surface area contributed by atoms with Gasteiger partial charge in [-0.2, -0.15) is 8.42 Å². The van der Waals surface area contributed by atoms with E-state index >= 15 is 0 Å². The minimum atomic E-state index is -3.92. The van der Waals surface area contributed by atoms with Gasteiger partial charge in [-0.3, -0.25) is 9.40 Å². The molecule has 2 N–H and O–H groups in total. The minimum absolute atomic E-state index is 0.282. The predicted octanol–water partition coefficient (Wildman–Crippen LogP) is 1.57. The molecule has 1 aromatic carbocycles. The van der Waals surface area contributed by atoms with Crippen LogP contribution in [0.25, 0.3) is 4.85 Å². The Morgan fingerprint density at radius 2 is 2.16 bits per heavy atom. The highest BCUT2D eigenvalue weighted by molar-refractivity contribution is 7.85. The molecule has 1 aliphatic carbocycles. The van der Waals surface area contributed by atoms with Crippen molar-refractivity contribution < 1.29 is 13.0 Å². The van der Waals surface area contributed by atoms with Gasteiger partial charge in [-0.1, -0.05) is 18.2 Å². The summed E-state index contributed by atoms with van der Waals surface area (Å²) in [4.78, 5) is 3.72. The Hall–Kier alpha value is -1.42. The van der Waals surface area contributed by atoms with Gasteiger partial charge in [-0.25, -0.2) is 11.9 Å². The van der Waals surface area contributed by atoms with E-state index in [9.17, 15) is 8.42 Å². The van der Waals surface area contributed by atoms with Crippen LogP contribution in [0, 0.1) is 6.57 Å². The number of aryl methyl sites for hydroxylation is 1. The fraction of sp³-hybridized carbons (Fsp3) is 0.462. The van der Waals surface area contributed by atoms with Gasteiger partial charge < -0.3 is 0 Å². The molecule has 0 aromatic heterocycles. The molecule has 5 nitrogen and oxygen atoms in total. The maximum absolute atomic E-state index is 10.6. The molecular formula is C13H16N2O3S. The number of nitrogens with one attached hydrogen (secondary N) is 1. The number of nitrogens with zero attached hydrogens (tertiary/aromatic N) is 1. The molecule has 0 heterocycles. The van der Waals surface area contributed by atoms with E-state index in [1.807, 2.05) is 24.3 Å². The molecule has 0 saturated carbocycles. The largest absolute Gasteiger partial charge is 0.312 e. The summed E-state index contributed by atoms with van der Waals surface area (Å²) in [7, 11) is -3.92. The first-order valence-corrected chi connectivity index (χ1v) is 7.75. The summed E-state index contributed by atoms with van der Waals surface area (Å²) < 4.78 is 30.0. The third-order valence-electron chi connectivity index (χ3n) is 3.41. The van der Waals surface area contributed by atoms with E-state index in [0.717, 1.165) is 12.0 Å². The highest BCUT2D eigenvalue weighted by atomic mass is 32.2. The van der Waals surface area contributed by atoms with Gasteiger partial charge in [0.1, 0.15) is 0 Å². The first-order valence-electron chi connectivity index (χ1n) is 6.14. The first kappa shape index (κ1) is 14.0. The smallest absolute Gasteiger partial charge is 0.288 e. The van der Waals surface area contributed by atoms with Crippen molar-refractivity contribution in [1.29, 1.82) is 0 Å². The second-order valence-corrected chi connectivity index (χ2v) is 6.27. The molecular weight excluding hydrogens is 264 g/mol. The molecule has 0 radical (unpaired) electrons. The third kappa shape index (κ3) is 3.13. The molecule has 2 rings (SSSR count). The third-order valence-corrected chi connectivity index (χ3v) is 4.21.